The van der Waals surface area contributed by atoms with E-state index in [9.17, 15) is 4.79 Å². The topological polar surface area (TPSA) is 84.0 Å². The molecule has 7 heteroatoms. The van der Waals surface area contributed by atoms with Crippen LogP contribution in [0.3, 0.4) is 0 Å². The van der Waals surface area contributed by atoms with E-state index >= 15 is 0 Å². The van der Waals surface area contributed by atoms with Crippen LogP contribution in [-0.2, 0) is 4.74 Å². The molecule has 0 fully saturated rings. The fourth-order valence-corrected chi connectivity index (χ4v) is 3.23. The highest BCUT2D eigenvalue weighted by Crippen LogP contribution is 2.30. The SMILES string of the molecule is CC(C)(C)OC(=O)N1CCC=C(c2cc[nH]c3nnc4nccc4c23)C1. The smallest absolute Gasteiger partial charge is 0.410 e. The summed E-state index contributed by atoms with van der Waals surface area (Å²) in [6, 6.07) is 3.96. The molecule has 7 nitrogen and oxygen atoms in total. The highest BCUT2D eigenvalue weighted by molar-refractivity contribution is 6.07. The summed E-state index contributed by atoms with van der Waals surface area (Å²) in [5.41, 5.74) is 2.95. The Labute approximate surface area is 151 Å². The van der Waals surface area contributed by atoms with E-state index in [1.807, 2.05) is 39.1 Å². The first kappa shape index (κ1) is 16.5. The Kier molecular flexibility index (Phi) is 3.86. The van der Waals surface area contributed by atoms with Gasteiger partial charge in [0.05, 0.1) is 0 Å². The lowest BCUT2D eigenvalue weighted by atomic mass is 9.98. The average molecular weight is 351 g/mol. The number of carbonyl (C=O) groups excluding carboxylic acids is 1. The number of nitrogens with one attached hydrogen (secondary N) is 1. The van der Waals surface area contributed by atoms with Crippen molar-refractivity contribution in [1.82, 2.24) is 25.1 Å². The van der Waals surface area contributed by atoms with Crippen LogP contribution in [0.1, 0.15) is 32.8 Å². The molecule has 0 bridgehead atoms. The van der Waals surface area contributed by atoms with Crippen LogP contribution in [0.4, 0.5) is 4.79 Å². The Balaban J connectivity index is 1.73. The number of amides is 1. The third-order valence-corrected chi connectivity index (χ3v) is 4.32. The minimum Gasteiger partial charge on any atom is -0.444 e. The van der Waals surface area contributed by atoms with Gasteiger partial charge in [-0.25, -0.2) is 9.78 Å². The van der Waals surface area contributed by atoms with Crippen LogP contribution in [0, 0.1) is 0 Å². The van der Waals surface area contributed by atoms with Crippen molar-refractivity contribution in [3.8, 4) is 0 Å². The summed E-state index contributed by atoms with van der Waals surface area (Å²) in [4.78, 5) is 21.6. The van der Waals surface area contributed by atoms with E-state index < -0.39 is 5.60 Å². The van der Waals surface area contributed by atoms with Crippen molar-refractivity contribution >= 4 is 33.7 Å². The summed E-state index contributed by atoms with van der Waals surface area (Å²) in [5.74, 6) is 0. The number of rotatable bonds is 1. The van der Waals surface area contributed by atoms with Crippen LogP contribution in [-0.4, -0.2) is 49.8 Å². The van der Waals surface area contributed by atoms with Crippen LogP contribution in [0.25, 0.3) is 27.6 Å². The number of H-pyrrole nitrogens is 1. The van der Waals surface area contributed by atoms with Crippen molar-refractivity contribution in [3.05, 3.63) is 36.2 Å². The monoisotopic (exact) mass is 351 g/mol. The Hall–Kier alpha value is -2.96. The number of hydrogen-bond acceptors (Lipinski definition) is 5. The number of pyridine rings is 1. The van der Waals surface area contributed by atoms with Gasteiger partial charge in [-0.1, -0.05) is 6.08 Å². The summed E-state index contributed by atoms with van der Waals surface area (Å²) in [7, 11) is 0. The molecule has 1 aliphatic heterocycles. The number of fused-ring (bicyclic) bond motifs is 3. The van der Waals surface area contributed by atoms with E-state index in [1.165, 1.54) is 0 Å². The molecule has 4 heterocycles. The minimum absolute atomic E-state index is 0.283. The second kappa shape index (κ2) is 6.09. The Morgan fingerprint density at radius 2 is 2.12 bits per heavy atom. The fourth-order valence-electron chi connectivity index (χ4n) is 3.23. The number of aromatic amines is 1. The van der Waals surface area contributed by atoms with E-state index in [4.69, 9.17) is 4.74 Å². The summed E-state index contributed by atoms with van der Waals surface area (Å²) in [6.45, 7) is 6.80. The second-order valence-corrected chi connectivity index (χ2v) is 7.42. The van der Waals surface area contributed by atoms with Crippen molar-refractivity contribution in [2.75, 3.05) is 13.1 Å². The van der Waals surface area contributed by atoms with Gasteiger partial charge in [0.2, 0.25) is 0 Å². The van der Waals surface area contributed by atoms with Gasteiger partial charge in [-0.2, -0.15) is 0 Å². The molecule has 4 rings (SSSR count). The first-order chi connectivity index (χ1) is 12.4. The number of carbonyl (C=O) groups is 1. The summed E-state index contributed by atoms with van der Waals surface area (Å²) < 4.78 is 5.53. The average Bonchev–Trinajstić information content (AvgIpc) is 3.09. The third kappa shape index (κ3) is 3.00. The molecule has 0 aliphatic carbocycles. The molecule has 0 saturated carbocycles. The van der Waals surface area contributed by atoms with E-state index in [1.54, 1.807) is 11.1 Å². The summed E-state index contributed by atoms with van der Waals surface area (Å²) in [5, 5.41) is 10.3. The van der Waals surface area contributed by atoms with E-state index in [0.717, 1.165) is 28.3 Å². The molecule has 1 N–H and O–H groups in total. The number of hydrogen-bond donors (Lipinski definition) is 1. The van der Waals surface area contributed by atoms with Gasteiger partial charge < -0.3 is 14.6 Å². The molecule has 0 aromatic carbocycles. The number of nitrogens with zero attached hydrogens (tertiary/aromatic N) is 4. The Morgan fingerprint density at radius 1 is 1.27 bits per heavy atom. The molecule has 0 atom stereocenters. The van der Waals surface area contributed by atoms with Gasteiger partial charge in [-0.15, -0.1) is 10.2 Å². The predicted octanol–water partition coefficient (Wildman–Crippen LogP) is 3.53. The Bertz CT molecular complexity index is 1020. The van der Waals surface area contributed by atoms with Gasteiger partial charge in [0.1, 0.15) is 5.60 Å². The lowest BCUT2D eigenvalue weighted by Crippen LogP contribution is -2.39. The predicted molar refractivity (Wildman–Crippen MR) is 99.6 cm³/mol. The van der Waals surface area contributed by atoms with Crippen LogP contribution >= 0.6 is 0 Å². The molecule has 0 saturated heterocycles. The zero-order valence-electron chi connectivity index (χ0n) is 15.1. The molecule has 0 spiro atoms. The van der Waals surface area contributed by atoms with Gasteiger partial charge in [0, 0.05) is 36.3 Å². The van der Waals surface area contributed by atoms with Gasteiger partial charge in [0.25, 0.3) is 0 Å². The maximum Gasteiger partial charge on any atom is 0.410 e. The molecule has 1 aliphatic rings. The first-order valence-electron chi connectivity index (χ1n) is 8.68. The van der Waals surface area contributed by atoms with Crippen molar-refractivity contribution in [3.63, 3.8) is 0 Å². The molecule has 1 amide bonds. The van der Waals surface area contributed by atoms with Crippen molar-refractivity contribution in [2.45, 2.75) is 32.8 Å². The van der Waals surface area contributed by atoms with Crippen molar-refractivity contribution in [2.24, 2.45) is 0 Å². The molecule has 0 unspecified atom stereocenters. The maximum atomic E-state index is 12.5. The van der Waals surface area contributed by atoms with Gasteiger partial charge >= 0.3 is 6.09 Å². The first-order valence-corrected chi connectivity index (χ1v) is 8.68. The Morgan fingerprint density at radius 3 is 2.92 bits per heavy atom. The summed E-state index contributed by atoms with van der Waals surface area (Å²) >= 11 is 0. The molecule has 3 aromatic heterocycles. The fraction of sp³-hybridized carbons (Fsp3) is 0.368. The van der Waals surface area contributed by atoms with Crippen LogP contribution in [0.5, 0.6) is 0 Å². The largest absolute Gasteiger partial charge is 0.444 e. The van der Waals surface area contributed by atoms with Gasteiger partial charge in [-0.3, -0.25) is 0 Å². The standard InChI is InChI=1S/C19H21N5O2/c1-19(2,3)26-18(25)24-10-4-5-12(11-24)13-6-8-21-17-15(13)14-7-9-20-16(14)22-23-17/h5-9H,4,10-11H2,1-3H3,(H,21,23). The van der Waals surface area contributed by atoms with E-state index in [0.29, 0.717) is 24.4 Å². The lowest BCUT2D eigenvalue weighted by Gasteiger charge is -2.30. The lowest BCUT2D eigenvalue weighted by molar-refractivity contribution is 0.0273. The minimum atomic E-state index is -0.504. The molecule has 134 valence electrons. The second-order valence-electron chi connectivity index (χ2n) is 7.42. The van der Waals surface area contributed by atoms with E-state index in [2.05, 4.69) is 26.2 Å². The maximum absolute atomic E-state index is 12.5. The van der Waals surface area contributed by atoms with Gasteiger partial charge in [0.15, 0.2) is 11.3 Å². The number of ether oxygens (including phenoxy) is 1. The van der Waals surface area contributed by atoms with Crippen molar-refractivity contribution in [1.29, 1.82) is 0 Å². The highest BCUT2D eigenvalue weighted by Gasteiger charge is 2.25. The molecular weight excluding hydrogens is 330 g/mol. The zero-order chi connectivity index (χ0) is 18.3. The zero-order valence-corrected chi connectivity index (χ0v) is 15.1. The van der Waals surface area contributed by atoms with Gasteiger partial charge in [-0.05, 0) is 50.5 Å². The van der Waals surface area contributed by atoms with Crippen LogP contribution in [0.2, 0.25) is 0 Å². The number of aromatic nitrogens is 4. The molecule has 0 radical (unpaired) electrons. The third-order valence-electron chi connectivity index (χ3n) is 4.32. The van der Waals surface area contributed by atoms with Crippen LogP contribution in [0.15, 0.2) is 30.6 Å². The molecule has 26 heavy (non-hydrogen) atoms. The van der Waals surface area contributed by atoms with Crippen LogP contribution < -0.4 is 0 Å². The highest BCUT2D eigenvalue weighted by atomic mass is 16.6. The molecule has 3 aromatic rings. The summed E-state index contributed by atoms with van der Waals surface area (Å²) in [6.07, 6.45) is 6.27. The quantitative estimate of drug-likeness (QED) is 0.725. The normalized spacial score (nSPS) is 15.3. The van der Waals surface area contributed by atoms with Crippen molar-refractivity contribution < 1.29 is 9.53 Å². The molecular formula is C19H21N5O2. The van der Waals surface area contributed by atoms with E-state index in [-0.39, 0.29) is 6.09 Å².